The highest BCUT2D eigenvalue weighted by Gasteiger charge is 2.48. The number of nitrogens with zero attached hydrogens (tertiary/aromatic N) is 2. The number of imide groups is 1. The van der Waals surface area contributed by atoms with Crippen LogP contribution in [0.15, 0.2) is 60.2 Å². The van der Waals surface area contributed by atoms with Crippen LogP contribution in [0.5, 0.6) is 5.75 Å². The highest BCUT2D eigenvalue weighted by molar-refractivity contribution is 6.31. The molecule has 0 saturated carbocycles. The molecule has 34 heavy (non-hydrogen) atoms. The molecule has 0 aromatic heterocycles. The first-order chi connectivity index (χ1) is 16.3. The van der Waals surface area contributed by atoms with Crippen molar-refractivity contribution < 1.29 is 23.9 Å². The van der Waals surface area contributed by atoms with Crippen LogP contribution in [0.3, 0.4) is 0 Å². The molecule has 1 aliphatic carbocycles. The molecular formula is C26H23ClN2O5. The summed E-state index contributed by atoms with van der Waals surface area (Å²) in [6.07, 6.45) is 3.27. The number of anilines is 2. The summed E-state index contributed by atoms with van der Waals surface area (Å²) in [5.74, 6) is -1.98. The van der Waals surface area contributed by atoms with Crippen molar-refractivity contribution in [1.82, 2.24) is 0 Å². The Morgan fingerprint density at radius 2 is 1.71 bits per heavy atom. The lowest BCUT2D eigenvalue weighted by molar-refractivity contribution is -0.139. The zero-order valence-electron chi connectivity index (χ0n) is 18.6. The molecule has 0 unspecified atom stereocenters. The van der Waals surface area contributed by atoms with Gasteiger partial charge in [-0.05, 0) is 62.2 Å². The summed E-state index contributed by atoms with van der Waals surface area (Å²) >= 11 is 6.02. The van der Waals surface area contributed by atoms with Gasteiger partial charge in [0.15, 0.2) is 0 Å². The van der Waals surface area contributed by atoms with Gasteiger partial charge in [0.1, 0.15) is 5.75 Å². The average Bonchev–Trinajstić information content (AvgIpc) is 3.32. The topological polar surface area (TPSA) is 84.0 Å². The van der Waals surface area contributed by atoms with Gasteiger partial charge in [0.2, 0.25) is 17.7 Å². The summed E-state index contributed by atoms with van der Waals surface area (Å²) in [6.45, 7) is 2.19. The Kier molecular flexibility index (Phi) is 5.73. The monoisotopic (exact) mass is 478 g/mol. The van der Waals surface area contributed by atoms with Crippen LogP contribution in [0.25, 0.3) is 0 Å². The van der Waals surface area contributed by atoms with E-state index in [4.69, 9.17) is 16.3 Å². The molecule has 2 aromatic rings. The maximum Gasteiger partial charge on any atom is 0.316 e. The van der Waals surface area contributed by atoms with Gasteiger partial charge in [0, 0.05) is 23.7 Å². The second kappa shape index (κ2) is 8.72. The number of carbonyl (C=O) groups excluding carboxylic acids is 4. The van der Waals surface area contributed by atoms with Gasteiger partial charge in [0.05, 0.1) is 23.4 Å². The van der Waals surface area contributed by atoms with E-state index in [0.717, 1.165) is 5.57 Å². The standard InChI is InChI=1S/C26H23ClN2O5/c1-15-5-10-21-22(11-15)25(32)29(24(21)31)18-6-8-20(9-7-18)34-26(33)16-12-23(30)28(14-16)19-4-2-3-17(27)13-19/h2-9,13,16,21-22H,10-12,14H2,1H3/t16-,21+,22+/m1/s1. The molecule has 0 radical (unpaired) electrons. The van der Waals surface area contributed by atoms with Crippen molar-refractivity contribution in [2.75, 3.05) is 16.3 Å². The smallest absolute Gasteiger partial charge is 0.316 e. The van der Waals surface area contributed by atoms with Gasteiger partial charge in [0.25, 0.3) is 0 Å². The Morgan fingerprint density at radius 1 is 0.971 bits per heavy atom. The number of rotatable bonds is 4. The third kappa shape index (κ3) is 4.01. The summed E-state index contributed by atoms with van der Waals surface area (Å²) < 4.78 is 5.49. The Labute approximate surface area is 201 Å². The van der Waals surface area contributed by atoms with Gasteiger partial charge in [-0.1, -0.05) is 29.3 Å². The molecule has 3 atom stereocenters. The second-order valence-corrected chi connectivity index (χ2v) is 9.45. The van der Waals surface area contributed by atoms with E-state index in [-0.39, 0.29) is 48.3 Å². The predicted octanol–water partition coefficient (Wildman–Crippen LogP) is 4.14. The van der Waals surface area contributed by atoms with Gasteiger partial charge in [-0.25, -0.2) is 0 Å². The van der Waals surface area contributed by atoms with E-state index in [9.17, 15) is 19.2 Å². The van der Waals surface area contributed by atoms with Crippen LogP contribution in [-0.4, -0.2) is 30.2 Å². The zero-order chi connectivity index (χ0) is 24.0. The molecule has 2 saturated heterocycles. The molecule has 2 aromatic carbocycles. The van der Waals surface area contributed by atoms with Crippen LogP contribution in [0.1, 0.15) is 26.2 Å². The molecule has 5 rings (SSSR count). The first kappa shape index (κ1) is 22.3. The van der Waals surface area contributed by atoms with E-state index in [1.807, 2.05) is 13.0 Å². The van der Waals surface area contributed by atoms with Crippen LogP contribution >= 0.6 is 11.6 Å². The fraction of sp³-hybridized carbons (Fsp3) is 0.308. The molecule has 2 heterocycles. The Balaban J connectivity index is 1.24. The van der Waals surface area contributed by atoms with E-state index in [1.165, 1.54) is 9.80 Å². The van der Waals surface area contributed by atoms with Crippen molar-refractivity contribution in [2.24, 2.45) is 17.8 Å². The number of esters is 1. The molecule has 7 nitrogen and oxygen atoms in total. The highest BCUT2D eigenvalue weighted by Crippen LogP contribution is 2.40. The van der Waals surface area contributed by atoms with Gasteiger partial charge in [-0.2, -0.15) is 0 Å². The summed E-state index contributed by atoms with van der Waals surface area (Å²) in [4.78, 5) is 53.6. The summed E-state index contributed by atoms with van der Waals surface area (Å²) in [5.41, 5.74) is 2.24. The number of ether oxygens (including phenoxy) is 1. The molecule has 8 heteroatoms. The van der Waals surface area contributed by atoms with Gasteiger partial charge < -0.3 is 9.64 Å². The zero-order valence-corrected chi connectivity index (χ0v) is 19.3. The van der Waals surface area contributed by atoms with Crippen LogP contribution in [0.4, 0.5) is 11.4 Å². The molecular weight excluding hydrogens is 456 g/mol. The lowest BCUT2D eigenvalue weighted by Crippen LogP contribution is -2.30. The fourth-order valence-electron chi connectivity index (χ4n) is 4.91. The summed E-state index contributed by atoms with van der Waals surface area (Å²) in [6, 6.07) is 13.2. The summed E-state index contributed by atoms with van der Waals surface area (Å²) in [7, 11) is 0. The van der Waals surface area contributed by atoms with Crippen LogP contribution in [0, 0.1) is 17.8 Å². The first-order valence-electron chi connectivity index (χ1n) is 11.2. The average molecular weight is 479 g/mol. The molecule has 3 aliphatic rings. The molecule has 0 N–H and O–H groups in total. The van der Waals surface area contributed by atoms with Crippen molar-refractivity contribution in [3.8, 4) is 5.75 Å². The van der Waals surface area contributed by atoms with E-state index < -0.39 is 11.9 Å². The van der Waals surface area contributed by atoms with Gasteiger partial charge >= 0.3 is 5.97 Å². The minimum atomic E-state index is -0.605. The third-order valence-electron chi connectivity index (χ3n) is 6.71. The Morgan fingerprint density at radius 3 is 2.44 bits per heavy atom. The van der Waals surface area contributed by atoms with Gasteiger partial charge in [-0.3, -0.25) is 24.1 Å². The number of allylic oxidation sites excluding steroid dienone is 2. The lowest BCUT2D eigenvalue weighted by atomic mass is 9.82. The SMILES string of the molecule is CC1=CC[C@@H]2C(=O)N(c3ccc(OC(=O)[C@@H]4CC(=O)N(c5cccc(Cl)c5)C4)cc3)C(=O)[C@H]2C1. The molecule has 174 valence electrons. The van der Waals surface area contributed by atoms with Crippen molar-refractivity contribution in [3.05, 3.63) is 65.2 Å². The Bertz CT molecular complexity index is 1220. The molecule has 0 spiro atoms. The normalized spacial score (nSPS) is 24.4. The molecule has 3 amide bonds. The quantitative estimate of drug-likeness (QED) is 0.285. The first-order valence-corrected chi connectivity index (χ1v) is 11.6. The van der Waals surface area contributed by atoms with E-state index >= 15 is 0 Å². The molecule has 0 bridgehead atoms. The minimum Gasteiger partial charge on any atom is -0.426 e. The largest absolute Gasteiger partial charge is 0.426 e. The van der Waals surface area contributed by atoms with Crippen molar-refractivity contribution >= 4 is 46.7 Å². The second-order valence-electron chi connectivity index (χ2n) is 9.02. The van der Waals surface area contributed by atoms with E-state index in [1.54, 1.807) is 48.5 Å². The van der Waals surface area contributed by atoms with Crippen LogP contribution < -0.4 is 14.5 Å². The number of hydrogen-bond acceptors (Lipinski definition) is 5. The Hall–Kier alpha value is -3.45. The number of benzene rings is 2. The maximum absolute atomic E-state index is 12.9. The molecule has 2 aliphatic heterocycles. The predicted molar refractivity (Wildman–Crippen MR) is 126 cm³/mol. The number of hydrogen-bond donors (Lipinski definition) is 0. The summed E-state index contributed by atoms with van der Waals surface area (Å²) in [5, 5.41) is 0.511. The lowest BCUT2D eigenvalue weighted by Gasteiger charge is -2.18. The maximum atomic E-state index is 12.9. The van der Waals surface area contributed by atoms with Crippen molar-refractivity contribution in [1.29, 1.82) is 0 Å². The van der Waals surface area contributed by atoms with Crippen molar-refractivity contribution in [2.45, 2.75) is 26.2 Å². The number of fused-ring (bicyclic) bond motifs is 1. The number of carbonyl (C=O) groups is 4. The van der Waals surface area contributed by atoms with E-state index in [0.29, 0.717) is 29.2 Å². The minimum absolute atomic E-state index is 0.0520. The van der Waals surface area contributed by atoms with Crippen LogP contribution in [0.2, 0.25) is 5.02 Å². The molecule has 2 fully saturated rings. The van der Waals surface area contributed by atoms with Gasteiger partial charge in [-0.15, -0.1) is 0 Å². The highest BCUT2D eigenvalue weighted by atomic mass is 35.5. The number of amides is 3. The third-order valence-corrected chi connectivity index (χ3v) is 6.95. The van der Waals surface area contributed by atoms with Crippen LogP contribution in [-0.2, 0) is 19.2 Å². The number of halogens is 1. The fourth-order valence-corrected chi connectivity index (χ4v) is 5.10. The van der Waals surface area contributed by atoms with Crippen molar-refractivity contribution in [3.63, 3.8) is 0 Å². The van der Waals surface area contributed by atoms with E-state index in [2.05, 4.69) is 0 Å².